The summed E-state index contributed by atoms with van der Waals surface area (Å²) in [6.45, 7) is 0. The van der Waals surface area contributed by atoms with Crippen molar-refractivity contribution in [3.63, 3.8) is 0 Å². The largest absolute Gasteiger partial charge is 0.256 e. The van der Waals surface area contributed by atoms with Crippen LogP contribution in [0.15, 0.2) is 194 Å². The standard InChI is InChI=1S/C45H32N4/c1-3-15-33(16-4-1)41-25-13-27-43(48-41)45(37-21-11-19-35(31-37)39-23-7-9-29-46-39,38-22-12-20-36(32-38)40-24-8-10-30-47-40)44-28-14-26-42(49-44)34-17-5-2-6-18-34/h1-32H. The fourth-order valence-electron chi connectivity index (χ4n) is 6.61. The van der Waals surface area contributed by atoms with Crippen LogP contribution in [-0.4, -0.2) is 19.9 Å². The Morgan fingerprint density at radius 2 is 0.694 bits per heavy atom. The van der Waals surface area contributed by atoms with Gasteiger partial charge in [0.1, 0.15) is 5.41 Å². The van der Waals surface area contributed by atoms with Gasteiger partial charge in [0.05, 0.1) is 34.2 Å². The first-order valence-electron chi connectivity index (χ1n) is 16.4. The van der Waals surface area contributed by atoms with E-state index in [1.807, 2.05) is 60.9 Å². The molecule has 0 spiro atoms. The fourth-order valence-corrected chi connectivity index (χ4v) is 6.61. The molecule has 0 aliphatic heterocycles. The van der Waals surface area contributed by atoms with E-state index < -0.39 is 5.41 Å². The van der Waals surface area contributed by atoms with Crippen LogP contribution in [0.3, 0.4) is 0 Å². The molecule has 0 fully saturated rings. The van der Waals surface area contributed by atoms with Crippen LogP contribution < -0.4 is 0 Å². The third kappa shape index (κ3) is 5.81. The molecule has 232 valence electrons. The lowest BCUT2D eigenvalue weighted by Gasteiger charge is -2.35. The number of pyridine rings is 4. The van der Waals surface area contributed by atoms with Gasteiger partial charge in [-0.05, 0) is 71.8 Å². The topological polar surface area (TPSA) is 51.6 Å². The van der Waals surface area contributed by atoms with E-state index in [0.717, 1.165) is 67.5 Å². The van der Waals surface area contributed by atoms with E-state index in [9.17, 15) is 0 Å². The molecule has 0 saturated heterocycles. The lowest BCUT2D eigenvalue weighted by atomic mass is 9.68. The van der Waals surface area contributed by atoms with Crippen molar-refractivity contribution >= 4 is 0 Å². The number of nitrogens with zero attached hydrogens (tertiary/aromatic N) is 4. The van der Waals surface area contributed by atoms with Gasteiger partial charge in [0.2, 0.25) is 0 Å². The predicted molar refractivity (Wildman–Crippen MR) is 198 cm³/mol. The third-order valence-corrected chi connectivity index (χ3v) is 8.92. The van der Waals surface area contributed by atoms with E-state index in [0.29, 0.717) is 0 Å². The third-order valence-electron chi connectivity index (χ3n) is 8.92. The Labute approximate surface area is 286 Å². The van der Waals surface area contributed by atoms with Crippen molar-refractivity contribution in [2.45, 2.75) is 5.41 Å². The number of benzene rings is 4. The van der Waals surface area contributed by atoms with E-state index in [1.54, 1.807) is 0 Å². The Bertz CT molecular complexity index is 1990. The van der Waals surface area contributed by atoms with E-state index in [-0.39, 0.29) is 0 Å². The zero-order valence-corrected chi connectivity index (χ0v) is 26.8. The van der Waals surface area contributed by atoms with Crippen molar-refractivity contribution in [1.29, 1.82) is 0 Å². The van der Waals surface area contributed by atoms with E-state index in [4.69, 9.17) is 19.9 Å². The maximum atomic E-state index is 5.48. The van der Waals surface area contributed by atoms with Crippen LogP contribution >= 0.6 is 0 Å². The van der Waals surface area contributed by atoms with Crippen molar-refractivity contribution < 1.29 is 0 Å². The fraction of sp³-hybridized carbons (Fsp3) is 0.0222. The van der Waals surface area contributed by atoms with Gasteiger partial charge in [-0.25, -0.2) is 0 Å². The van der Waals surface area contributed by atoms with Gasteiger partial charge in [0.15, 0.2) is 0 Å². The van der Waals surface area contributed by atoms with Gasteiger partial charge in [-0.2, -0.15) is 0 Å². The van der Waals surface area contributed by atoms with Crippen LogP contribution in [0.5, 0.6) is 0 Å². The van der Waals surface area contributed by atoms with Crippen LogP contribution in [0.1, 0.15) is 22.5 Å². The molecule has 4 heteroatoms. The zero-order chi connectivity index (χ0) is 32.9. The first kappa shape index (κ1) is 29.9. The Morgan fingerprint density at radius 3 is 1.12 bits per heavy atom. The molecule has 8 aromatic rings. The highest BCUT2D eigenvalue weighted by atomic mass is 14.8. The number of hydrogen-bond donors (Lipinski definition) is 0. The van der Waals surface area contributed by atoms with E-state index in [2.05, 4.69) is 133 Å². The molecule has 4 aromatic carbocycles. The minimum Gasteiger partial charge on any atom is -0.256 e. The van der Waals surface area contributed by atoms with Gasteiger partial charge < -0.3 is 0 Å². The quantitative estimate of drug-likeness (QED) is 0.168. The maximum Gasteiger partial charge on any atom is 0.105 e. The lowest BCUT2D eigenvalue weighted by molar-refractivity contribution is 0.690. The summed E-state index contributed by atoms with van der Waals surface area (Å²) in [5, 5.41) is 0. The number of hydrogen-bond acceptors (Lipinski definition) is 4. The summed E-state index contributed by atoms with van der Waals surface area (Å²) in [7, 11) is 0. The van der Waals surface area contributed by atoms with Crippen molar-refractivity contribution in [1.82, 2.24) is 19.9 Å². The highest BCUT2D eigenvalue weighted by Gasteiger charge is 2.42. The van der Waals surface area contributed by atoms with Gasteiger partial charge in [0.25, 0.3) is 0 Å². The molecule has 49 heavy (non-hydrogen) atoms. The molecular formula is C45H32N4. The van der Waals surface area contributed by atoms with Crippen LogP contribution in [-0.2, 0) is 5.41 Å². The van der Waals surface area contributed by atoms with Crippen LogP contribution in [0, 0.1) is 0 Å². The van der Waals surface area contributed by atoms with Gasteiger partial charge in [-0.15, -0.1) is 0 Å². The van der Waals surface area contributed by atoms with Crippen LogP contribution in [0.2, 0.25) is 0 Å². The first-order chi connectivity index (χ1) is 24.3. The molecule has 0 aliphatic rings. The molecule has 4 aromatic heterocycles. The lowest BCUT2D eigenvalue weighted by Crippen LogP contribution is -2.33. The highest BCUT2D eigenvalue weighted by Crippen LogP contribution is 2.46. The molecule has 0 radical (unpaired) electrons. The van der Waals surface area contributed by atoms with Crippen molar-refractivity contribution in [2.24, 2.45) is 0 Å². The normalized spacial score (nSPS) is 11.3. The van der Waals surface area contributed by atoms with Crippen molar-refractivity contribution in [3.05, 3.63) is 217 Å². The Hall–Kier alpha value is -6.52. The summed E-state index contributed by atoms with van der Waals surface area (Å²) in [5.41, 5.74) is 10.6. The second-order valence-corrected chi connectivity index (χ2v) is 11.9. The molecule has 4 heterocycles. The zero-order valence-electron chi connectivity index (χ0n) is 26.8. The van der Waals surface area contributed by atoms with Crippen molar-refractivity contribution in [2.75, 3.05) is 0 Å². The Morgan fingerprint density at radius 1 is 0.306 bits per heavy atom. The van der Waals surface area contributed by atoms with Gasteiger partial charge in [0, 0.05) is 34.6 Å². The molecule has 0 amide bonds. The summed E-state index contributed by atoms with van der Waals surface area (Å²) < 4.78 is 0. The van der Waals surface area contributed by atoms with Gasteiger partial charge >= 0.3 is 0 Å². The number of aromatic nitrogens is 4. The van der Waals surface area contributed by atoms with Gasteiger partial charge in [-0.3, -0.25) is 19.9 Å². The number of rotatable bonds is 8. The molecule has 0 N–H and O–H groups in total. The SMILES string of the molecule is c1ccc(-c2cccc(C(c3cccc(-c4ccccn4)c3)(c3cccc(-c4ccccn4)c3)c3cccc(-c4ccccc4)n3)n2)cc1. The smallest absolute Gasteiger partial charge is 0.105 e. The molecule has 8 rings (SSSR count). The van der Waals surface area contributed by atoms with Gasteiger partial charge in [-0.1, -0.05) is 121 Å². The van der Waals surface area contributed by atoms with Crippen LogP contribution in [0.4, 0.5) is 0 Å². The summed E-state index contributed by atoms with van der Waals surface area (Å²) in [6, 6.07) is 62.6. The summed E-state index contributed by atoms with van der Waals surface area (Å²) in [6.07, 6.45) is 3.67. The van der Waals surface area contributed by atoms with Crippen molar-refractivity contribution in [3.8, 4) is 45.0 Å². The first-order valence-corrected chi connectivity index (χ1v) is 16.4. The molecule has 0 bridgehead atoms. The molecule has 4 nitrogen and oxygen atoms in total. The maximum absolute atomic E-state index is 5.48. The molecule has 0 aliphatic carbocycles. The second kappa shape index (κ2) is 13.3. The summed E-state index contributed by atoms with van der Waals surface area (Å²) in [5.74, 6) is 0. The summed E-state index contributed by atoms with van der Waals surface area (Å²) in [4.78, 5) is 20.4. The Balaban J connectivity index is 1.47. The summed E-state index contributed by atoms with van der Waals surface area (Å²) >= 11 is 0. The highest BCUT2D eigenvalue weighted by molar-refractivity contribution is 5.70. The van der Waals surface area contributed by atoms with E-state index >= 15 is 0 Å². The Kier molecular flexibility index (Phi) is 8.11. The minimum absolute atomic E-state index is 0.864. The predicted octanol–water partition coefficient (Wildman–Crippen LogP) is 10.3. The minimum atomic E-state index is -0.925. The van der Waals surface area contributed by atoms with Crippen LogP contribution in [0.25, 0.3) is 45.0 Å². The monoisotopic (exact) mass is 628 g/mol. The average Bonchev–Trinajstić information content (AvgIpc) is 3.20. The molecule has 0 unspecified atom stereocenters. The van der Waals surface area contributed by atoms with E-state index in [1.165, 1.54) is 0 Å². The molecule has 0 saturated carbocycles. The molecular weight excluding hydrogens is 597 g/mol. The molecule has 0 atom stereocenters. The average molecular weight is 629 g/mol. The second-order valence-electron chi connectivity index (χ2n) is 11.9.